The van der Waals surface area contributed by atoms with Crippen LogP contribution in [-0.2, 0) is 0 Å². The first-order valence-electron chi connectivity index (χ1n) is 6.78. The van der Waals surface area contributed by atoms with Gasteiger partial charge in [0.25, 0.3) is 6.43 Å². The van der Waals surface area contributed by atoms with Crippen molar-refractivity contribution < 1.29 is 8.78 Å². The van der Waals surface area contributed by atoms with E-state index in [1.54, 1.807) is 12.1 Å². The molecule has 0 saturated heterocycles. The second-order valence-electron chi connectivity index (χ2n) is 5.14. The monoisotopic (exact) mass is 321 g/mol. The summed E-state index contributed by atoms with van der Waals surface area (Å²) < 4.78 is 28.3. The third-order valence-electron chi connectivity index (χ3n) is 3.61. The summed E-state index contributed by atoms with van der Waals surface area (Å²) in [7, 11) is 0. The van der Waals surface area contributed by atoms with Crippen molar-refractivity contribution in [3.05, 3.63) is 35.5 Å². The zero-order valence-electron chi connectivity index (χ0n) is 11.2. The van der Waals surface area contributed by atoms with Crippen molar-refractivity contribution in [3.8, 4) is 11.4 Å². The van der Waals surface area contributed by atoms with Gasteiger partial charge >= 0.3 is 0 Å². The molecule has 0 bridgehead atoms. The number of pyridine rings is 1. The van der Waals surface area contributed by atoms with Crippen molar-refractivity contribution in [2.24, 2.45) is 0 Å². The van der Waals surface area contributed by atoms with Crippen molar-refractivity contribution in [1.82, 2.24) is 24.5 Å². The molecule has 1 aliphatic carbocycles. The minimum Gasteiger partial charge on any atom is -0.305 e. The molecular weight excluding hydrogens is 312 g/mol. The van der Waals surface area contributed by atoms with Crippen LogP contribution < -0.4 is 0 Å². The lowest BCUT2D eigenvalue weighted by Gasteiger charge is -2.09. The third-order valence-corrected chi connectivity index (χ3v) is 3.82. The Hall–Kier alpha value is -2.15. The molecule has 112 valence electrons. The van der Waals surface area contributed by atoms with E-state index in [-0.39, 0.29) is 17.3 Å². The number of aromatic nitrogens is 5. The zero-order chi connectivity index (χ0) is 15.3. The lowest BCUT2D eigenvalue weighted by atomic mass is 10.2. The molecule has 4 rings (SSSR count). The first kappa shape index (κ1) is 13.5. The Balaban J connectivity index is 2.01. The molecular formula is C14H10ClF2N5. The number of fused-ring (bicyclic) bond motifs is 1. The van der Waals surface area contributed by atoms with E-state index in [0.29, 0.717) is 22.1 Å². The summed E-state index contributed by atoms with van der Waals surface area (Å²) in [4.78, 5) is 16.3. The Morgan fingerprint density at radius 3 is 2.77 bits per heavy atom. The number of alkyl halides is 2. The number of rotatable bonds is 3. The van der Waals surface area contributed by atoms with Crippen molar-refractivity contribution >= 4 is 22.8 Å². The first-order valence-corrected chi connectivity index (χ1v) is 7.16. The maximum Gasteiger partial charge on any atom is 0.281 e. The van der Waals surface area contributed by atoms with E-state index in [1.165, 1.54) is 6.20 Å². The minimum absolute atomic E-state index is 0.205. The molecule has 3 aromatic heterocycles. The lowest BCUT2D eigenvalue weighted by molar-refractivity contribution is 0.146. The van der Waals surface area contributed by atoms with E-state index in [4.69, 9.17) is 11.6 Å². The maximum absolute atomic E-state index is 13.2. The molecule has 5 nitrogen and oxygen atoms in total. The molecule has 0 spiro atoms. The van der Waals surface area contributed by atoms with Crippen LogP contribution in [0.1, 0.15) is 31.0 Å². The molecule has 22 heavy (non-hydrogen) atoms. The van der Waals surface area contributed by atoms with Crippen LogP contribution in [0.3, 0.4) is 0 Å². The van der Waals surface area contributed by atoms with Crippen LogP contribution in [-0.4, -0.2) is 24.5 Å². The van der Waals surface area contributed by atoms with E-state index >= 15 is 0 Å². The van der Waals surface area contributed by atoms with Crippen molar-refractivity contribution in [3.63, 3.8) is 0 Å². The second kappa shape index (κ2) is 4.95. The highest BCUT2D eigenvalue weighted by Gasteiger charge is 2.31. The molecule has 0 aliphatic heterocycles. The smallest absolute Gasteiger partial charge is 0.281 e. The fraction of sp³-hybridized carbons (Fsp3) is 0.286. The van der Waals surface area contributed by atoms with Gasteiger partial charge in [0.2, 0.25) is 0 Å². The van der Waals surface area contributed by atoms with Crippen LogP contribution in [0.5, 0.6) is 0 Å². The molecule has 3 heterocycles. The first-order chi connectivity index (χ1) is 10.6. The SMILES string of the molecule is FC(F)c1ncncc1-c1nc2ccc(Cl)nc2n1C1CC1. The summed E-state index contributed by atoms with van der Waals surface area (Å²) in [6, 6.07) is 3.57. The largest absolute Gasteiger partial charge is 0.305 e. The Morgan fingerprint density at radius 2 is 2.05 bits per heavy atom. The van der Waals surface area contributed by atoms with Crippen LogP contribution in [0.25, 0.3) is 22.6 Å². The number of hydrogen-bond donors (Lipinski definition) is 0. The third kappa shape index (κ3) is 2.12. The van der Waals surface area contributed by atoms with Gasteiger partial charge in [-0.15, -0.1) is 0 Å². The Labute approximate surface area is 129 Å². The summed E-state index contributed by atoms with van der Waals surface area (Å²) in [6.07, 6.45) is 1.72. The summed E-state index contributed by atoms with van der Waals surface area (Å²) in [6.45, 7) is 0. The van der Waals surface area contributed by atoms with Gasteiger partial charge < -0.3 is 4.57 Å². The van der Waals surface area contributed by atoms with Gasteiger partial charge in [0.15, 0.2) is 5.65 Å². The van der Waals surface area contributed by atoms with Gasteiger partial charge in [0.1, 0.15) is 28.5 Å². The van der Waals surface area contributed by atoms with Crippen molar-refractivity contribution in [2.75, 3.05) is 0 Å². The number of halogens is 3. The van der Waals surface area contributed by atoms with Crippen LogP contribution in [0.15, 0.2) is 24.7 Å². The molecule has 1 fully saturated rings. The van der Waals surface area contributed by atoms with Crippen molar-refractivity contribution in [1.29, 1.82) is 0 Å². The Bertz CT molecular complexity index is 860. The van der Waals surface area contributed by atoms with Crippen LogP contribution in [0.4, 0.5) is 8.78 Å². The molecule has 1 saturated carbocycles. The van der Waals surface area contributed by atoms with E-state index in [9.17, 15) is 8.78 Å². The highest BCUT2D eigenvalue weighted by molar-refractivity contribution is 6.29. The summed E-state index contributed by atoms with van der Waals surface area (Å²) >= 11 is 5.96. The Morgan fingerprint density at radius 1 is 1.23 bits per heavy atom. The molecule has 0 amide bonds. The predicted molar refractivity (Wildman–Crippen MR) is 76.8 cm³/mol. The maximum atomic E-state index is 13.2. The second-order valence-corrected chi connectivity index (χ2v) is 5.52. The molecule has 3 aromatic rings. The minimum atomic E-state index is -2.69. The van der Waals surface area contributed by atoms with Crippen LogP contribution in [0, 0.1) is 0 Å². The highest BCUT2D eigenvalue weighted by atomic mass is 35.5. The van der Waals surface area contributed by atoms with E-state index in [0.717, 1.165) is 19.2 Å². The number of hydrogen-bond acceptors (Lipinski definition) is 4. The topological polar surface area (TPSA) is 56.5 Å². The fourth-order valence-corrected chi connectivity index (χ4v) is 2.65. The normalized spacial score (nSPS) is 14.9. The number of imidazole rings is 1. The van der Waals surface area contributed by atoms with Crippen LogP contribution in [0.2, 0.25) is 5.15 Å². The average molecular weight is 322 g/mol. The van der Waals surface area contributed by atoms with Crippen molar-refractivity contribution in [2.45, 2.75) is 25.3 Å². The predicted octanol–water partition coefficient (Wildman–Crippen LogP) is 3.81. The molecule has 0 aromatic carbocycles. The molecule has 1 aliphatic rings. The van der Waals surface area contributed by atoms with E-state index in [1.807, 2.05) is 4.57 Å². The standard InChI is InChI=1S/C14H10ClF2N5/c15-10-4-3-9-14(21-10)22(7-1-2-7)13(20-9)8-5-18-6-19-11(8)12(16)17/h3-7,12H,1-2H2. The summed E-state index contributed by atoms with van der Waals surface area (Å²) in [5.41, 5.74) is 1.14. The van der Waals surface area contributed by atoms with Gasteiger partial charge in [0.05, 0.1) is 5.56 Å². The molecule has 0 N–H and O–H groups in total. The van der Waals surface area contributed by atoms with Gasteiger partial charge in [0, 0.05) is 12.2 Å². The zero-order valence-corrected chi connectivity index (χ0v) is 12.0. The van der Waals surface area contributed by atoms with Crippen LogP contribution >= 0.6 is 11.6 Å². The quantitative estimate of drug-likeness (QED) is 0.688. The van der Waals surface area contributed by atoms with E-state index < -0.39 is 6.43 Å². The lowest BCUT2D eigenvalue weighted by Crippen LogP contribution is -2.03. The summed E-state index contributed by atoms with van der Waals surface area (Å²) in [5.74, 6) is 0.420. The number of nitrogens with zero attached hydrogens (tertiary/aromatic N) is 5. The van der Waals surface area contributed by atoms with Gasteiger partial charge in [-0.25, -0.2) is 28.7 Å². The highest BCUT2D eigenvalue weighted by Crippen LogP contribution is 2.42. The van der Waals surface area contributed by atoms with Gasteiger partial charge in [-0.2, -0.15) is 0 Å². The molecule has 0 atom stereocenters. The van der Waals surface area contributed by atoms with Gasteiger partial charge in [-0.05, 0) is 25.0 Å². The fourth-order valence-electron chi connectivity index (χ4n) is 2.50. The molecule has 0 radical (unpaired) electrons. The molecule has 8 heteroatoms. The van der Waals surface area contributed by atoms with Gasteiger partial charge in [-0.1, -0.05) is 11.6 Å². The van der Waals surface area contributed by atoms with E-state index in [2.05, 4.69) is 19.9 Å². The molecule has 0 unspecified atom stereocenters. The average Bonchev–Trinajstić information content (AvgIpc) is 3.28. The summed E-state index contributed by atoms with van der Waals surface area (Å²) in [5, 5.41) is 0.347. The Kier molecular flexibility index (Phi) is 3.04. The van der Waals surface area contributed by atoms with Gasteiger partial charge in [-0.3, -0.25) is 0 Å².